The van der Waals surface area contributed by atoms with E-state index in [4.69, 9.17) is 11.5 Å². The van der Waals surface area contributed by atoms with Gasteiger partial charge in [0.15, 0.2) is 0 Å². The average molecular weight is 1590 g/mol. The molecule has 2 bridgehead atoms. The molecule has 3 heterocycles. The predicted molar refractivity (Wildman–Crippen MR) is 417 cm³/mol. The molecule has 7 rings (SSSR count). The molecule has 0 radical (unpaired) electrons. The number of carbonyl (C=O) groups is 13. The van der Waals surface area contributed by atoms with Crippen molar-refractivity contribution in [1.82, 2.24) is 74.1 Å². The minimum atomic E-state index is -1.98. The number of unbranched alkanes of at least 4 members (excludes halogenated alkanes) is 1. The summed E-state index contributed by atoms with van der Waals surface area (Å²) in [7, 11) is 1.62. The number of rotatable bonds is 21. The van der Waals surface area contributed by atoms with Crippen molar-refractivity contribution in [3.63, 3.8) is 0 Å². The lowest BCUT2D eigenvalue weighted by molar-refractivity contribution is -0.142. The van der Waals surface area contributed by atoms with Gasteiger partial charge in [0.1, 0.15) is 72.2 Å². The highest BCUT2D eigenvalue weighted by atomic mass is 33.1. The van der Waals surface area contributed by atoms with Crippen molar-refractivity contribution in [2.45, 2.75) is 202 Å². The molecule has 0 saturated carbocycles. The van der Waals surface area contributed by atoms with Gasteiger partial charge in [-0.15, -0.1) is 0 Å². The minimum absolute atomic E-state index is 0.0231. The quantitative estimate of drug-likeness (QED) is 0.0272. The second-order valence-corrected chi connectivity index (χ2v) is 30.6. The number of aliphatic hydroxyl groups excluding tert-OH is 3. The predicted octanol–water partition coefficient (Wildman–Crippen LogP) is -2.26. The van der Waals surface area contributed by atoms with E-state index in [1.54, 1.807) is 85.1 Å². The van der Waals surface area contributed by atoms with Crippen LogP contribution >= 0.6 is 21.6 Å². The minimum Gasteiger partial charge on any atom is -0.508 e. The molecule has 5 aromatic rings. The molecule has 0 spiro atoms. The number of carboxylic acids is 1. The lowest BCUT2D eigenvalue weighted by atomic mass is 9.99. The molecular formula is C76H104N16O18S2. The fourth-order valence-corrected chi connectivity index (χ4v) is 14.5. The van der Waals surface area contributed by atoms with Gasteiger partial charge < -0.3 is 111 Å². The molecule has 2 aliphatic heterocycles. The van der Waals surface area contributed by atoms with E-state index >= 15 is 24.0 Å². The highest BCUT2D eigenvalue weighted by molar-refractivity contribution is 8.76. The maximum absolute atomic E-state index is 15.5. The number of aromatic hydroxyl groups is 1. The molecule has 34 nitrogen and oxygen atoms in total. The number of H-pyrrole nitrogens is 1. The number of aromatic amines is 1. The van der Waals surface area contributed by atoms with Crippen molar-refractivity contribution in [2.75, 3.05) is 31.2 Å². The number of phenols is 1. The summed E-state index contributed by atoms with van der Waals surface area (Å²) in [6.07, 6.45) is -3.66. The zero-order chi connectivity index (χ0) is 81.6. The van der Waals surface area contributed by atoms with E-state index in [1.807, 2.05) is 13.8 Å². The van der Waals surface area contributed by atoms with Crippen molar-refractivity contribution in [2.24, 2.45) is 11.5 Å². The van der Waals surface area contributed by atoms with Crippen molar-refractivity contribution in [1.29, 1.82) is 0 Å². The van der Waals surface area contributed by atoms with Crippen LogP contribution < -0.4 is 80.6 Å². The largest absolute Gasteiger partial charge is 0.508 e. The summed E-state index contributed by atoms with van der Waals surface area (Å²) >= 11 is 0. The molecule has 23 N–H and O–H groups in total. The Morgan fingerprint density at radius 2 is 1.06 bits per heavy atom. The Kier molecular flexibility index (Phi) is 35.5. The number of aromatic nitrogens is 1. The highest BCUT2D eigenvalue weighted by Gasteiger charge is 2.39. The van der Waals surface area contributed by atoms with Crippen LogP contribution in [0, 0.1) is 0 Å². The molecular weight excluding hydrogens is 1490 g/mol. The molecule has 0 aliphatic carbocycles. The molecule has 14 atom stereocenters. The number of hydrogen-bond donors (Lipinski definition) is 21. The number of phenolic OH excluding ortho intramolecular Hbond substituents is 1. The van der Waals surface area contributed by atoms with Crippen LogP contribution in [0.25, 0.3) is 10.9 Å². The van der Waals surface area contributed by atoms with Crippen LogP contribution in [-0.4, -0.2) is 229 Å². The van der Waals surface area contributed by atoms with Crippen molar-refractivity contribution in [3.05, 3.63) is 137 Å². The van der Waals surface area contributed by atoms with Gasteiger partial charge in [-0.1, -0.05) is 120 Å². The number of nitrogens with one attached hydrogen (secondary N) is 14. The molecule has 2 fully saturated rings. The first-order chi connectivity index (χ1) is 53.5. The lowest BCUT2D eigenvalue weighted by Gasteiger charge is -2.29. The van der Waals surface area contributed by atoms with Gasteiger partial charge in [0.25, 0.3) is 0 Å². The standard InChI is InChI=1S/C76H104N16O18S2/c1-41(2)80-36-47-22-20-46(21-23-47)34-57-71(104)92-63(42(3)94)74(107)84-54-19-11-13-31-79-62(97)29-28-55(67(100)85-56(33-44-14-6-5-7-15-44)69(102)87-58(70(103)86-57)35-48-37-81-52-17-9-8-16-50(48)52)83-66(99)53(18-10-12-30-77)82-73(106)60(89-65(98)51(78)32-45-24-26-49(96)27-25-45)39-111-112-40-61(76(109)110)90-72(105)59(38-93)88-75(108)64(43(4)95)91-68(54)101/h5-9,14-17,20-27,37,41-43,51,53-61,63-64,80-81,93-96H,10-13,18-19,28-36,38-40,77-78H2,1-4H3,(H,79,97)(H,82,106)(H,83,99)(H,84,107)(H,85,100)(H,86,103)(H,87,102)(H,88,108)(H,89,98)(H,90,105)(H,91,101)(H,92,104)(H,109,110)/t42-,43-,51+,53-,54-,55+,56+,57+,58+,59+,60-,61+,63-,64-/m1/s1. The monoisotopic (exact) mass is 1590 g/mol. The van der Waals surface area contributed by atoms with E-state index in [0.29, 0.717) is 46.1 Å². The summed E-state index contributed by atoms with van der Waals surface area (Å²) in [6.45, 7) is 5.52. The van der Waals surface area contributed by atoms with Crippen LogP contribution in [0.2, 0.25) is 0 Å². The summed E-state index contributed by atoms with van der Waals surface area (Å²) < 4.78 is 0. The second kappa shape index (κ2) is 44.7. The van der Waals surface area contributed by atoms with E-state index in [-0.39, 0.29) is 88.4 Å². The Bertz CT molecular complexity index is 4030. The van der Waals surface area contributed by atoms with Crippen LogP contribution in [0.15, 0.2) is 109 Å². The molecule has 608 valence electrons. The smallest absolute Gasteiger partial charge is 0.327 e. The summed E-state index contributed by atoms with van der Waals surface area (Å²) in [5.74, 6) is -14.9. The van der Waals surface area contributed by atoms with Gasteiger partial charge in [-0.25, -0.2) is 4.79 Å². The number of benzene rings is 4. The summed E-state index contributed by atoms with van der Waals surface area (Å²) in [5, 5.41) is 88.1. The zero-order valence-electron chi connectivity index (χ0n) is 62.8. The molecule has 0 unspecified atom stereocenters. The zero-order valence-corrected chi connectivity index (χ0v) is 64.4. The Morgan fingerprint density at radius 1 is 0.545 bits per heavy atom. The maximum Gasteiger partial charge on any atom is 0.327 e. The van der Waals surface area contributed by atoms with Gasteiger partial charge in [0.2, 0.25) is 70.9 Å². The first kappa shape index (κ1) is 89.0. The van der Waals surface area contributed by atoms with Crippen LogP contribution in [0.5, 0.6) is 5.75 Å². The Hall–Kier alpha value is -10.2. The van der Waals surface area contributed by atoms with Crippen molar-refractivity contribution >= 4 is 109 Å². The highest BCUT2D eigenvalue weighted by Crippen LogP contribution is 2.25. The number of nitrogens with two attached hydrogens (primary N) is 2. The third-order valence-corrected chi connectivity index (χ3v) is 21.1. The first-order valence-corrected chi connectivity index (χ1v) is 39.7. The third kappa shape index (κ3) is 28.2. The van der Waals surface area contributed by atoms with Crippen molar-refractivity contribution in [3.8, 4) is 5.75 Å². The Labute approximate surface area is 655 Å². The number of carboxylic acid groups (broad SMARTS) is 1. The molecule has 112 heavy (non-hydrogen) atoms. The van der Waals surface area contributed by atoms with Gasteiger partial charge in [0.05, 0.1) is 24.9 Å². The summed E-state index contributed by atoms with van der Waals surface area (Å²) in [4.78, 5) is 193. The summed E-state index contributed by atoms with van der Waals surface area (Å²) in [6, 6.07) is 8.25. The Morgan fingerprint density at radius 3 is 1.70 bits per heavy atom. The fraction of sp³-hybridized carbons (Fsp3) is 0.487. The van der Waals surface area contributed by atoms with E-state index in [0.717, 1.165) is 34.1 Å². The second-order valence-electron chi connectivity index (χ2n) is 28.0. The molecule has 4 aromatic carbocycles. The number of aliphatic hydroxyl groups is 3. The normalized spacial score (nSPS) is 24.3. The number of para-hydroxylation sites is 1. The Balaban J connectivity index is 1.36. The molecule has 2 aliphatic rings. The van der Waals surface area contributed by atoms with Crippen LogP contribution in [0.3, 0.4) is 0 Å². The van der Waals surface area contributed by atoms with Gasteiger partial charge in [-0.3, -0.25) is 57.5 Å². The number of fused-ring (bicyclic) bond motifs is 10. The van der Waals surface area contributed by atoms with Gasteiger partial charge in [-0.05, 0) is 118 Å². The maximum atomic E-state index is 15.5. The van der Waals surface area contributed by atoms with Gasteiger partial charge in [0, 0.05) is 73.4 Å². The van der Waals surface area contributed by atoms with E-state index in [2.05, 4.69) is 74.1 Å². The van der Waals surface area contributed by atoms with Gasteiger partial charge in [-0.2, -0.15) is 0 Å². The van der Waals surface area contributed by atoms with Crippen LogP contribution in [0.1, 0.15) is 107 Å². The van der Waals surface area contributed by atoms with Crippen LogP contribution in [0.4, 0.5) is 0 Å². The number of hydrogen-bond acceptors (Lipinski definition) is 22. The molecule has 12 amide bonds. The molecule has 1 aromatic heterocycles. The summed E-state index contributed by atoms with van der Waals surface area (Å²) in [5.41, 5.74) is 15.9. The topological polar surface area (TPSA) is 547 Å². The number of amides is 12. The average Bonchev–Trinajstić information content (AvgIpc) is 1.64. The third-order valence-electron chi connectivity index (χ3n) is 18.7. The van der Waals surface area contributed by atoms with E-state index in [9.17, 15) is 63.9 Å². The van der Waals surface area contributed by atoms with Crippen LogP contribution in [-0.2, 0) is 94.6 Å². The number of aliphatic carboxylic acids is 1. The molecule has 36 heteroatoms. The first-order valence-electron chi connectivity index (χ1n) is 37.2. The van der Waals surface area contributed by atoms with E-state index < -0.39 is 187 Å². The van der Waals surface area contributed by atoms with Gasteiger partial charge >= 0.3 is 5.97 Å². The lowest BCUT2D eigenvalue weighted by Crippen LogP contribution is -2.63. The molecule has 2 saturated heterocycles. The fourth-order valence-electron chi connectivity index (χ4n) is 12.2. The number of carbonyl (C=O) groups excluding carboxylic acids is 12. The SMILES string of the molecule is CC(C)NCc1ccc(C[C@@H]2NC(=O)[C@H](Cc3c[nH]c4ccccc34)NC(=O)[C@H](Cc3ccccc3)NC(=O)[C@@H]3CCC(=O)NCCCC[C@@H](NC(=O)[C@@H]([C@@H](C)O)NC2=O)C(=O)N[C@H]([C@@H](C)O)C(=O)N[C@@H](CO)C(=O)N[C@H](C(=O)O)CSSC[C@@H](NC(=O)[C@@H](N)Cc2ccc(O)cc2)C(=O)N[C@H](CCCCN)C(=O)N3)cc1. The van der Waals surface area contributed by atoms with E-state index in [1.165, 1.54) is 31.2 Å². The van der Waals surface area contributed by atoms with Crippen molar-refractivity contribution < 1.29 is 87.9 Å².